The Morgan fingerprint density at radius 3 is 2.50 bits per heavy atom. The number of rotatable bonds is 4. The van der Waals surface area contributed by atoms with Gasteiger partial charge < -0.3 is 15.6 Å². The van der Waals surface area contributed by atoms with Crippen LogP contribution in [0.3, 0.4) is 0 Å². The Morgan fingerprint density at radius 1 is 1.75 bits per heavy atom. The predicted octanol–water partition coefficient (Wildman–Crippen LogP) is -1.52. The zero-order chi connectivity index (χ0) is 6.41. The van der Waals surface area contributed by atoms with Crippen molar-refractivity contribution in [3.05, 3.63) is 0 Å². The minimum absolute atomic E-state index is 0.178. The third-order valence-corrected chi connectivity index (χ3v) is 1.07. The van der Waals surface area contributed by atoms with Gasteiger partial charge in [0.15, 0.2) is 0 Å². The van der Waals surface area contributed by atoms with Crippen molar-refractivity contribution < 1.29 is 15.6 Å². The van der Waals surface area contributed by atoms with Gasteiger partial charge >= 0.3 is 0 Å². The molecule has 0 aromatic rings. The van der Waals surface area contributed by atoms with E-state index in [1.165, 1.54) is 0 Å². The molecule has 0 aromatic carbocycles. The molecule has 0 fully saturated rings. The number of aliphatic hydroxyl groups is 1. The topological polar surface area (TPSA) is 57.1 Å². The van der Waals surface area contributed by atoms with E-state index in [-0.39, 0.29) is 12.5 Å². The van der Waals surface area contributed by atoms with Crippen molar-refractivity contribution in [3.63, 3.8) is 0 Å². The number of aliphatic hydroxyl groups excluding tert-OH is 1. The minimum atomic E-state index is 0.178. The summed E-state index contributed by atoms with van der Waals surface area (Å²) >= 11 is 0. The summed E-state index contributed by atoms with van der Waals surface area (Å²) in [4.78, 5) is 0. The number of quaternary nitrogens is 1. The van der Waals surface area contributed by atoms with Gasteiger partial charge in [0, 0.05) is 7.11 Å². The van der Waals surface area contributed by atoms with Crippen LogP contribution < -0.4 is 5.73 Å². The summed E-state index contributed by atoms with van der Waals surface area (Å²) in [5.41, 5.74) is 3.64. The van der Waals surface area contributed by atoms with Crippen LogP contribution in [0.1, 0.15) is 0 Å². The lowest BCUT2D eigenvalue weighted by molar-refractivity contribution is -0.381. The fraction of sp³-hybridized carbons (Fsp3) is 1.00. The molecule has 0 spiro atoms. The average Bonchev–Trinajstić information content (AvgIpc) is 1.83. The van der Waals surface area contributed by atoms with E-state index < -0.39 is 0 Å². The fourth-order valence-electron chi connectivity index (χ4n) is 0.463. The van der Waals surface area contributed by atoms with Gasteiger partial charge in [0.25, 0.3) is 0 Å². The normalized spacial score (nSPS) is 13.9. The van der Waals surface area contributed by atoms with Crippen LogP contribution in [0.5, 0.6) is 0 Å². The van der Waals surface area contributed by atoms with Gasteiger partial charge in [-0.25, -0.2) is 0 Å². The number of hydrogen-bond acceptors (Lipinski definition) is 2. The number of methoxy groups -OCH3 is 1. The molecule has 0 aliphatic rings. The second-order valence-electron chi connectivity index (χ2n) is 1.79. The number of ether oxygens (including phenoxy) is 1. The van der Waals surface area contributed by atoms with Gasteiger partial charge in [-0.1, -0.05) is 0 Å². The molecule has 0 saturated heterocycles. The van der Waals surface area contributed by atoms with Crippen molar-refractivity contribution >= 4 is 0 Å². The molecule has 8 heavy (non-hydrogen) atoms. The second kappa shape index (κ2) is 5.03. The lowest BCUT2D eigenvalue weighted by Crippen LogP contribution is -2.55. The highest BCUT2D eigenvalue weighted by Gasteiger charge is 2.04. The van der Waals surface area contributed by atoms with Gasteiger partial charge in [0.05, 0.1) is 25.7 Å². The summed E-state index contributed by atoms with van der Waals surface area (Å²) in [5, 5.41) is 8.54. The first kappa shape index (κ1) is 7.88. The Bertz CT molecular complexity index is 45.7. The summed E-state index contributed by atoms with van der Waals surface area (Å²) < 4.78 is 4.79. The number of hydrogen-bond donors (Lipinski definition) is 2. The zero-order valence-corrected chi connectivity index (χ0v) is 5.26. The fourth-order valence-corrected chi connectivity index (χ4v) is 0.463. The van der Waals surface area contributed by atoms with Crippen LogP contribution in [-0.4, -0.2) is 32.0 Å². The SMILES string of the molecule is COCC(C[NH3+])CO. The maximum Gasteiger partial charge on any atom is 0.0813 e. The molecule has 0 heterocycles. The van der Waals surface area contributed by atoms with E-state index in [9.17, 15) is 0 Å². The molecule has 0 aliphatic carbocycles. The minimum Gasteiger partial charge on any atom is -0.396 e. The maximum atomic E-state index is 8.54. The highest BCUT2D eigenvalue weighted by Crippen LogP contribution is 1.88. The summed E-state index contributed by atoms with van der Waals surface area (Å²) in [6, 6.07) is 0. The third-order valence-electron chi connectivity index (χ3n) is 1.07. The first-order chi connectivity index (χ1) is 3.85. The summed E-state index contributed by atoms with van der Waals surface area (Å²) in [5.74, 6) is 0.222. The molecule has 0 amide bonds. The van der Waals surface area contributed by atoms with Crippen LogP contribution in [0, 0.1) is 5.92 Å². The van der Waals surface area contributed by atoms with E-state index in [2.05, 4.69) is 5.73 Å². The van der Waals surface area contributed by atoms with Crippen molar-refractivity contribution in [1.82, 2.24) is 0 Å². The summed E-state index contributed by atoms with van der Waals surface area (Å²) in [6.07, 6.45) is 0. The summed E-state index contributed by atoms with van der Waals surface area (Å²) in [6.45, 7) is 1.53. The van der Waals surface area contributed by atoms with Crippen LogP contribution >= 0.6 is 0 Å². The molecule has 50 valence electrons. The van der Waals surface area contributed by atoms with Gasteiger partial charge in [-0.05, 0) is 0 Å². The van der Waals surface area contributed by atoms with Crippen molar-refractivity contribution in [3.8, 4) is 0 Å². The van der Waals surface area contributed by atoms with Gasteiger partial charge in [0.2, 0.25) is 0 Å². The molecule has 0 aromatic heterocycles. The molecule has 0 rings (SSSR count). The monoisotopic (exact) mass is 120 g/mol. The molecule has 0 saturated carbocycles. The van der Waals surface area contributed by atoms with Crippen molar-refractivity contribution in [2.75, 3.05) is 26.9 Å². The first-order valence-corrected chi connectivity index (χ1v) is 2.74. The quantitative estimate of drug-likeness (QED) is 0.473. The van der Waals surface area contributed by atoms with Gasteiger partial charge in [-0.3, -0.25) is 0 Å². The lowest BCUT2D eigenvalue weighted by Gasteiger charge is -2.05. The smallest absolute Gasteiger partial charge is 0.0813 e. The first-order valence-electron chi connectivity index (χ1n) is 2.74. The summed E-state index contributed by atoms with van der Waals surface area (Å²) in [7, 11) is 1.62. The predicted molar refractivity (Wildman–Crippen MR) is 30.2 cm³/mol. The average molecular weight is 120 g/mol. The molecule has 0 aliphatic heterocycles. The van der Waals surface area contributed by atoms with Crippen molar-refractivity contribution in [1.29, 1.82) is 0 Å². The molecule has 1 unspecified atom stereocenters. The molecular formula is C5H14NO2+. The van der Waals surface area contributed by atoms with Gasteiger partial charge in [-0.15, -0.1) is 0 Å². The lowest BCUT2D eigenvalue weighted by atomic mass is 10.2. The standard InChI is InChI=1S/C5H13NO2/c1-8-4-5(2-6)3-7/h5,7H,2-4,6H2,1H3/p+1. The van der Waals surface area contributed by atoms with Gasteiger partial charge in [0.1, 0.15) is 0 Å². The van der Waals surface area contributed by atoms with Crippen molar-refractivity contribution in [2.24, 2.45) is 5.92 Å². The Hall–Kier alpha value is -0.120. The van der Waals surface area contributed by atoms with Crippen molar-refractivity contribution in [2.45, 2.75) is 0 Å². The largest absolute Gasteiger partial charge is 0.396 e. The van der Waals surface area contributed by atoms with Crippen LogP contribution in [-0.2, 0) is 4.74 Å². The van der Waals surface area contributed by atoms with Crippen LogP contribution in [0.25, 0.3) is 0 Å². The molecule has 3 nitrogen and oxygen atoms in total. The van der Waals surface area contributed by atoms with E-state index >= 15 is 0 Å². The second-order valence-corrected chi connectivity index (χ2v) is 1.79. The van der Waals surface area contributed by atoms with Crippen LogP contribution in [0.2, 0.25) is 0 Å². The Kier molecular flexibility index (Phi) is 4.95. The molecule has 0 bridgehead atoms. The maximum absolute atomic E-state index is 8.54. The van der Waals surface area contributed by atoms with Gasteiger partial charge in [-0.2, -0.15) is 0 Å². The highest BCUT2D eigenvalue weighted by molar-refractivity contribution is 4.50. The van der Waals surface area contributed by atoms with E-state index in [1.807, 2.05) is 0 Å². The molecule has 0 radical (unpaired) electrons. The molecule has 4 N–H and O–H groups in total. The molecule has 1 atom stereocenters. The van der Waals surface area contributed by atoms with E-state index in [0.29, 0.717) is 6.61 Å². The van der Waals surface area contributed by atoms with Crippen LogP contribution in [0.4, 0.5) is 0 Å². The highest BCUT2D eigenvalue weighted by atomic mass is 16.5. The molecule has 3 heteroatoms. The van der Waals surface area contributed by atoms with E-state index in [1.54, 1.807) is 7.11 Å². The molecular weight excluding hydrogens is 106 g/mol. The Morgan fingerprint density at radius 2 is 2.38 bits per heavy atom. The van der Waals surface area contributed by atoms with Crippen LogP contribution in [0.15, 0.2) is 0 Å². The van der Waals surface area contributed by atoms with E-state index in [4.69, 9.17) is 9.84 Å². The zero-order valence-electron chi connectivity index (χ0n) is 5.26. The Balaban J connectivity index is 3.07. The third kappa shape index (κ3) is 2.96. The Labute approximate surface area is 49.4 Å². The van der Waals surface area contributed by atoms with E-state index in [0.717, 1.165) is 6.54 Å².